The first-order valence-electron chi connectivity index (χ1n) is 7.08. The monoisotopic (exact) mass is 279 g/mol. The van der Waals surface area contributed by atoms with Crippen molar-refractivity contribution in [3.05, 3.63) is 24.2 Å². The Bertz CT molecular complexity index is 437. The van der Waals surface area contributed by atoms with Gasteiger partial charge in [-0.05, 0) is 31.4 Å². The third-order valence-electron chi connectivity index (χ3n) is 3.38. The molecule has 2 rings (SSSR count). The van der Waals surface area contributed by atoms with Crippen LogP contribution in [0.2, 0.25) is 0 Å². The summed E-state index contributed by atoms with van der Waals surface area (Å²) in [4.78, 5) is 25.4. The molecule has 0 aliphatic carbocycles. The van der Waals surface area contributed by atoms with Gasteiger partial charge in [0.25, 0.3) is 5.91 Å². The van der Waals surface area contributed by atoms with Gasteiger partial charge in [0, 0.05) is 25.7 Å². The van der Waals surface area contributed by atoms with Crippen LogP contribution in [0.1, 0.15) is 36.7 Å². The highest BCUT2D eigenvalue weighted by atomic mass is 16.3. The molecule has 110 valence electrons. The van der Waals surface area contributed by atoms with E-state index in [-0.39, 0.29) is 18.0 Å². The maximum absolute atomic E-state index is 12.1. The lowest BCUT2D eigenvalue weighted by atomic mass is 10.0. The second-order valence-electron chi connectivity index (χ2n) is 4.94. The lowest BCUT2D eigenvalue weighted by molar-refractivity contribution is 0.0676. The zero-order valence-corrected chi connectivity index (χ0v) is 11.7. The number of likely N-dealkylation sites (tertiary alicyclic amines) is 1. The molecule has 1 aromatic rings. The number of hydrogen-bond acceptors (Lipinski definition) is 3. The minimum Gasteiger partial charge on any atom is -0.459 e. The maximum atomic E-state index is 12.1. The summed E-state index contributed by atoms with van der Waals surface area (Å²) in [6.45, 7) is 3.97. The smallest absolute Gasteiger partial charge is 0.315 e. The van der Waals surface area contributed by atoms with E-state index in [1.807, 2.05) is 6.92 Å². The van der Waals surface area contributed by atoms with Gasteiger partial charge in [-0.3, -0.25) is 4.79 Å². The van der Waals surface area contributed by atoms with Crippen molar-refractivity contribution in [1.82, 2.24) is 15.5 Å². The number of furan rings is 1. The Morgan fingerprint density at radius 2 is 2.15 bits per heavy atom. The summed E-state index contributed by atoms with van der Waals surface area (Å²) in [6.07, 6.45) is 3.96. The topological polar surface area (TPSA) is 74.6 Å². The van der Waals surface area contributed by atoms with E-state index in [1.165, 1.54) is 6.26 Å². The van der Waals surface area contributed by atoms with Crippen LogP contribution in [0.5, 0.6) is 0 Å². The molecule has 20 heavy (non-hydrogen) atoms. The molecule has 1 aliphatic rings. The fourth-order valence-electron chi connectivity index (χ4n) is 2.26. The van der Waals surface area contributed by atoms with Gasteiger partial charge < -0.3 is 20.0 Å². The quantitative estimate of drug-likeness (QED) is 0.879. The van der Waals surface area contributed by atoms with E-state index in [4.69, 9.17) is 4.42 Å². The summed E-state index contributed by atoms with van der Waals surface area (Å²) in [5.41, 5.74) is 0. The van der Waals surface area contributed by atoms with Crippen molar-refractivity contribution in [3.63, 3.8) is 0 Å². The second-order valence-corrected chi connectivity index (χ2v) is 4.94. The highest BCUT2D eigenvalue weighted by molar-refractivity contribution is 5.91. The Hall–Kier alpha value is -1.98. The van der Waals surface area contributed by atoms with E-state index in [0.717, 1.165) is 19.3 Å². The summed E-state index contributed by atoms with van der Waals surface area (Å²) < 4.78 is 5.11. The van der Waals surface area contributed by atoms with Crippen LogP contribution in [0.15, 0.2) is 22.8 Å². The van der Waals surface area contributed by atoms with Gasteiger partial charge in [0.15, 0.2) is 5.76 Å². The van der Waals surface area contributed by atoms with Crippen molar-refractivity contribution in [1.29, 1.82) is 0 Å². The Morgan fingerprint density at radius 3 is 2.75 bits per heavy atom. The van der Waals surface area contributed by atoms with E-state index in [1.54, 1.807) is 17.0 Å². The molecule has 1 fully saturated rings. The molecule has 0 saturated carbocycles. The van der Waals surface area contributed by atoms with Gasteiger partial charge in [0.2, 0.25) is 0 Å². The van der Waals surface area contributed by atoms with Gasteiger partial charge in [-0.1, -0.05) is 6.92 Å². The van der Waals surface area contributed by atoms with Gasteiger partial charge in [0.05, 0.1) is 6.26 Å². The average Bonchev–Trinajstić information content (AvgIpc) is 2.99. The van der Waals surface area contributed by atoms with E-state index in [2.05, 4.69) is 10.6 Å². The number of nitrogens with one attached hydrogen (secondary N) is 2. The van der Waals surface area contributed by atoms with Crippen LogP contribution < -0.4 is 10.6 Å². The zero-order valence-electron chi connectivity index (χ0n) is 11.7. The largest absolute Gasteiger partial charge is 0.459 e. The van der Waals surface area contributed by atoms with Gasteiger partial charge in [-0.25, -0.2) is 4.79 Å². The van der Waals surface area contributed by atoms with Gasteiger partial charge in [-0.2, -0.15) is 0 Å². The zero-order chi connectivity index (χ0) is 14.4. The van der Waals surface area contributed by atoms with E-state index in [9.17, 15) is 9.59 Å². The maximum Gasteiger partial charge on any atom is 0.315 e. The Morgan fingerprint density at radius 1 is 1.40 bits per heavy atom. The average molecular weight is 279 g/mol. The normalized spacial score (nSPS) is 15.9. The molecule has 0 spiro atoms. The van der Waals surface area contributed by atoms with Gasteiger partial charge in [0.1, 0.15) is 0 Å². The molecule has 1 saturated heterocycles. The number of urea groups is 1. The number of carbonyl (C=O) groups excluding carboxylic acids is 2. The van der Waals surface area contributed by atoms with E-state index < -0.39 is 0 Å². The van der Waals surface area contributed by atoms with Crippen molar-refractivity contribution < 1.29 is 14.0 Å². The first-order chi connectivity index (χ1) is 9.70. The summed E-state index contributed by atoms with van der Waals surface area (Å²) in [6, 6.07) is 3.39. The fourth-order valence-corrected chi connectivity index (χ4v) is 2.26. The molecule has 6 nitrogen and oxygen atoms in total. The predicted octanol–water partition coefficient (Wildman–Crippen LogP) is 1.59. The van der Waals surface area contributed by atoms with Crippen LogP contribution in [0.4, 0.5) is 4.79 Å². The Balaban J connectivity index is 1.75. The van der Waals surface area contributed by atoms with Crippen molar-refractivity contribution in [2.24, 2.45) is 0 Å². The van der Waals surface area contributed by atoms with Gasteiger partial charge in [-0.15, -0.1) is 0 Å². The fraction of sp³-hybridized carbons (Fsp3) is 0.571. The van der Waals surface area contributed by atoms with E-state index in [0.29, 0.717) is 25.4 Å². The van der Waals surface area contributed by atoms with Crippen LogP contribution in [0.25, 0.3) is 0 Å². The Kier molecular flexibility index (Phi) is 5.03. The minimum absolute atomic E-state index is 0.0797. The molecule has 0 atom stereocenters. The summed E-state index contributed by atoms with van der Waals surface area (Å²) in [5, 5.41) is 5.73. The second kappa shape index (κ2) is 6.98. The molecular formula is C14H21N3O3. The summed E-state index contributed by atoms with van der Waals surface area (Å²) in [7, 11) is 0. The number of piperidine rings is 1. The molecule has 0 radical (unpaired) electrons. The van der Waals surface area contributed by atoms with Crippen molar-refractivity contribution >= 4 is 11.9 Å². The number of nitrogens with zero attached hydrogens (tertiary/aromatic N) is 1. The molecule has 3 amide bonds. The first-order valence-corrected chi connectivity index (χ1v) is 7.08. The summed E-state index contributed by atoms with van der Waals surface area (Å²) in [5.74, 6) is 0.293. The SMILES string of the molecule is CCCNC(=O)NC1CCN(C(=O)c2ccco2)CC1. The first kappa shape index (κ1) is 14.4. The van der Waals surface area contributed by atoms with Crippen LogP contribution in [0, 0.1) is 0 Å². The number of amides is 3. The molecule has 2 heterocycles. The lowest BCUT2D eigenvalue weighted by Gasteiger charge is -2.31. The highest BCUT2D eigenvalue weighted by Gasteiger charge is 2.25. The third-order valence-corrected chi connectivity index (χ3v) is 3.38. The van der Waals surface area contributed by atoms with Crippen LogP contribution >= 0.6 is 0 Å². The molecule has 0 unspecified atom stereocenters. The standard InChI is InChI=1S/C14H21N3O3/c1-2-7-15-14(19)16-11-5-8-17(9-6-11)13(18)12-4-3-10-20-12/h3-4,10-11H,2,5-9H2,1H3,(H2,15,16,19). The number of carbonyl (C=O) groups is 2. The molecular weight excluding hydrogens is 258 g/mol. The Labute approximate surface area is 118 Å². The highest BCUT2D eigenvalue weighted by Crippen LogP contribution is 2.14. The van der Waals surface area contributed by atoms with Crippen molar-refractivity contribution in [2.45, 2.75) is 32.2 Å². The predicted molar refractivity (Wildman–Crippen MR) is 74.5 cm³/mol. The number of hydrogen-bond donors (Lipinski definition) is 2. The van der Waals surface area contributed by atoms with Crippen molar-refractivity contribution in [3.8, 4) is 0 Å². The molecule has 0 bridgehead atoms. The van der Waals surface area contributed by atoms with Crippen LogP contribution in [-0.4, -0.2) is 42.5 Å². The molecule has 2 N–H and O–H groups in total. The van der Waals surface area contributed by atoms with E-state index >= 15 is 0 Å². The third kappa shape index (κ3) is 3.76. The van der Waals surface area contributed by atoms with Crippen molar-refractivity contribution in [2.75, 3.05) is 19.6 Å². The molecule has 1 aliphatic heterocycles. The lowest BCUT2D eigenvalue weighted by Crippen LogP contribution is -2.49. The molecule has 1 aromatic heterocycles. The van der Waals surface area contributed by atoms with Gasteiger partial charge >= 0.3 is 6.03 Å². The minimum atomic E-state index is -0.123. The number of rotatable bonds is 4. The molecule has 6 heteroatoms. The summed E-state index contributed by atoms with van der Waals surface area (Å²) >= 11 is 0. The van der Waals surface area contributed by atoms with Crippen LogP contribution in [-0.2, 0) is 0 Å². The van der Waals surface area contributed by atoms with Crippen LogP contribution in [0.3, 0.4) is 0 Å². The molecule has 0 aromatic carbocycles.